The quantitative estimate of drug-likeness (QED) is 0.684. The van der Waals surface area contributed by atoms with Gasteiger partial charge < -0.3 is 5.32 Å². The predicted octanol–water partition coefficient (Wildman–Crippen LogP) is 1.80. The van der Waals surface area contributed by atoms with Gasteiger partial charge in [-0.25, -0.2) is 13.4 Å². The maximum absolute atomic E-state index is 11.4. The molecule has 0 bridgehead atoms. The van der Waals surface area contributed by atoms with Crippen molar-refractivity contribution in [1.29, 1.82) is 0 Å². The Hall–Kier alpha value is -1.74. The molecule has 1 unspecified atom stereocenters. The van der Waals surface area contributed by atoms with Gasteiger partial charge in [-0.15, -0.1) is 0 Å². The molecule has 1 aromatic heterocycles. The number of non-ortho nitro benzene ring substituents is 1. The van der Waals surface area contributed by atoms with Gasteiger partial charge in [0.05, 0.1) is 26.6 Å². The van der Waals surface area contributed by atoms with Crippen LogP contribution in [0, 0.1) is 10.1 Å². The van der Waals surface area contributed by atoms with Crippen LogP contribution in [0.4, 0.5) is 10.8 Å². The highest BCUT2D eigenvalue weighted by molar-refractivity contribution is 7.91. The SMILES string of the molecule is O=[N+]([O-])c1ccc2nc(NC3CCS(=O)(=O)C3)sc2c1. The van der Waals surface area contributed by atoms with Crippen molar-refractivity contribution in [2.45, 2.75) is 12.5 Å². The van der Waals surface area contributed by atoms with Gasteiger partial charge in [0.25, 0.3) is 5.69 Å². The van der Waals surface area contributed by atoms with Gasteiger partial charge in [0.2, 0.25) is 0 Å². The first-order valence-electron chi connectivity index (χ1n) is 5.95. The summed E-state index contributed by atoms with van der Waals surface area (Å²) < 4.78 is 23.5. The van der Waals surface area contributed by atoms with Crippen LogP contribution in [0.25, 0.3) is 10.2 Å². The summed E-state index contributed by atoms with van der Waals surface area (Å²) in [7, 11) is -2.94. The molecular formula is C11H11N3O4S2. The summed E-state index contributed by atoms with van der Waals surface area (Å²) >= 11 is 1.29. The zero-order valence-corrected chi connectivity index (χ0v) is 11.9. The molecule has 2 heterocycles. The van der Waals surface area contributed by atoms with Crippen LogP contribution < -0.4 is 5.32 Å². The number of aromatic nitrogens is 1. The highest BCUT2D eigenvalue weighted by Gasteiger charge is 2.28. The van der Waals surface area contributed by atoms with Crippen molar-refractivity contribution in [2.75, 3.05) is 16.8 Å². The molecule has 2 aromatic rings. The number of nitro groups is 1. The third-order valence-corrected chi connectivity index (χ3v) is 5.86. The van der Waals surface area contributed by atoms with Crippen molar-refractivity contribution in [2.24, 2.45) is 0 Å². The van der Waals surface area contributed by atoms with Gasteiger partial charge in [-0.1, -0.05) is 11.3 Å². The average molecular weight is 313 g/mol. The second-order valence-corrected chi connectivity index (χ2v) is 7.93. The average Bonchev–Trinajstić information content (AvgIpc) is 2.91. The summed E-state index contributed by atoms with van der Waals surface area (Å²) in [6.45, 7) is 0. The number of nitro benzene ring substituents is 1. The zero-order valence-electron chi connectivity index (χ0n) is 10.3. The monoisotopic (exact) mass is 313 g/mol. The number of sulfone groups is 1. The van der Waals surface area contributed by atoms with E-state index in [0.29, 0.717) is 21.8 Å². The minimum Gasteiger partial charge on any atom is -0.358 e. The van der Waals surface area contributed by atoms with Crippen LogP contribution in [0.3, 0.4) is 0 Å². The first-order chi connectivity index (χ1) is 9.43. The number of nitrogens with one attached hydrogen (secondary N) is 1. The molecule has 0 radical (unpaired) electrons. The lowest BCUT2D eigenvalue weighted by Gasteiger charge is -2.07. The first-order valence-corrected chi connectivity index (χ1v) is 8.59. The smallest absolute Gasteiger partial charge is 0.270 e. The van der Waals surface area contributed by atoms with E-state index in [0.717, 1.165) is 0 Å². The van der Waals surface area contributed by atoms with Gasteiger partial charge >= 0.3 is 0 Å². The standard InChI is InChI=1S/C11H11N3O4S2/c15-14(16)8-1-2-9-10(5-8)19-11(13-9)12-7-3-4-20(17,18)6-7/h1-2,5,7H,3-4,6H2,(H,12,13). The number of rotatable bonds is 3. The van der Waals surface area contributed by atoms with Crippen LogP contribution >= 0.6 is 11.3 Å². The summed E-state index contributed by atoms with van der Waals surface area (Å²) in [6, 6.07) is 4.35. The largest absolute Gasteiger partial charge is 0.358 e. The summed E-state index contributed by atoms with van der Waals surface area (Å²) in [5, 5.41) is 14.4. The molecule has 1 aliphatic heterocycles. The molecule has 7 nitrogen and oxygen atoms in total. The maximum atomic E-state index is 11.4. The molecule has 1 atom stereocenters. The Labute approximate surface area is 118 Å². The number of hydrogen-bond donors (Lipinski definition) is 1. The highest BCUT2D eigenvalue weighted by atomic mass is 32.2. The van der Waals surface area contributed by atoms with E-state index in [-0.39, 0.29) is 23.2 Å². The van der Waals surface area contributed by atoms with Gasteiger partial charge in [0, 0.05) is 18.2 Å². The lowest BCUT2D eigenvalue weighted by molar-refractivity contribution is -0.384. The minimum absolute atomic E-state index is 0.0242. The summed E-state index contributed by atoms with van der Waals surface area (Å²) in [5.41, 5.74) is 0.695. The predicted molar refractivity (Wildman–Crippen MR) is 77.0 cm³/mol. The van der Waals surface area contributed by atoms with Crippen LogP contribution in [0.15, 0.2) is 18.2 Å². The minimum atomic E-state index is -2.94. The molecule has 3 rings (SSSR count). The van der Waals surface area contributed by atoms with Crippen LogP contribution in [0.1, 0.15) is 6.42 Å². The van der Waals surface area contributed by atoms with Crippen molar-refractivity contribution in [3.8, 4) is 0 Å². The van der Waals surface area contributed by atoms with Crippen molar-refractivity contribution >= 4 is 42.2 Å². The van der Waals surface area contributed by atoms with E-state index in [1.165, 1.54) is 23.5 Å². The molecule has 0 saturated carbocycles. The normalized spacial score (nSPS) is 21.1. The molecule has 1 fully saturated rings. The third-order valence-electron chi connectivity index (χ3n) is 3.14. The Morgan fingerprint density at radius 2 is 2.25 bits per heavy atom. The Balaban J connectivity index is 1.84. The molecule has 1 aromatic carbocycles. The van der Waals surface area contributed by atoms with Gasteiger partial charge in [0.1, 0.15) is 0 Å². The Bertz CT molecular complexity index is 784. The van der Waals surface area contributed by atoms with Crippen LogP contribution in [-0.2, 0) is 9.84 Å². The fraction of sp³-hybridized carbons (Fsp3) is 0.364. The van der Waals surface area contributed by atoms with E-state index in [1.807, 2.05) is 0 Å². The number of thiazole rings is 1. The second kappa shape index (κ2) is 4.67. The van der Waals surface area contributed by atoms with Gasteiger partial charge in [0.15, 0.2) is 15.0 Å². The van der Waals surface area contributed by atoms with Crippen LogP contribution in [0.5, 0.6) is 0 Å². The lowest BCUT2D eigenvalue weighted by atomic mass is 10.3. The topological polar surface area (TPSA) is 102 Å². The molecule has 0 amide bonds. The van der Waals surface area contributed by atoms with Crippen LogP contribution in [0.2, 0.25) is 0 Å². The summed E-state index contributed by atoms with van der Waals surface area (Å²) in [4.78, 5) is 14.6. The Morgan fingerprint density at radius 3 is 2.90 bits per heavy atom. The number of hydrogen-bond acceptors (Lipinski definition) is 7. The number of nitrogens with zero attached hydrogens (tertiary/aromatic N) is 2. The highest BCUT2D eigenvalue weighted by Crippen LogP contribution is 2.30. The molecule has 0 aliphatic carbocycles. The van der Waals surface area contributed by atoms with Crippen LogP contribution in [-0.4, -0.2) is 35.9 Å². The molecule has 9 heteroatoms. The van der Waals surface area contributed by atoms with Crippen molar-refractivity contribution in [1.82, 2.24) is 4.98 Å². The third kappa shape index (κ3) is 2.59. The van der Waals surface area contributed by atoms with Crippen molar-refractivity contribution < 1.29 is 13.3 Å². The maximum Gasteiger partial charge on any atom is 0.270 e. The summed E-state index contributed by atoms with van der Waals surface area (Å²) in [6.07, 6.45) is 0.568. The Kier molecular flexibility index (Phi) is 3.09. The van der Waals surface area contributed by atoms with Crippen molar-refractivity contribution in [3.63, 3.8) is 0 Å². The van der Waals surface area contributed by atoms with E-state index < -0.39 is 14.8 Å². The molecular weight excluding hydrogens is 302 g/mol. The van der Waals surface area contributed by atoms with Gasteiger partial charge in [-0.05, 0) is 12.5 Å². The second-order valence-electron chi connectivity index (χ2n) is 4.67. The van der Waals surface area contributed by atoms with E-state index in [1.54, 1.807) is 6.07 Å². The van der Waals surface area contributed by atoms with Crippen molar-refractivity contribution in [3.05, 3.63) is 28.3 Å². The molecule has 106 valence electrons. The van der Waals surface area contributed by atoms with Gasteiger partial charge in [-0.2, -0.15) is 0 Å². The first kappa shape index (κ1) is 13.3. The number of fused-ring (bicyclic) bond motifs is 1. The van der Waals surface area contributed by atoms with E-state index >= 15 is 0 Å². The fourth-order valence-electron chi connectivity index (χ4n) is 2.17. The fourth-order valence-corrected chi connectivity index (χ4v) is 4.82. The molecule has 20 heavy (non-hydrogen) atoms. The lowest BCUT2D eigenvalue weighted by Crippen LogP contribution is -2.20. The zero-order chi connectivity index (χ0) is 14.3. The number of benzene rings is 1. The Morgan fingerprint density at radius 1 is 1.45 bits per heavy atom. The van der Waals surface area contributed by atoms with E-state index in [9.17, 15) is 18.5 Å². The van der Waals surface area contributed by atoms with E-state index in [2.05, 4.69) is 10.3 Å². The number of anilines is 1. The molecule has 1 aliphatic rings. The molecule has 1 saturated heterocycles. The van der Waals surface area contributed by atoms with Gasteiger partial charge in [-0.3, -0.25) is 10.1 Å². The summed E-state index contributed by atoms with van der Waals surface area (Å²) in [5.74, 6) is 0.310. The molecule has 0 spiro atoms. The van der Waals surface area contributed by atoms with E-state index in [4.69, 9.17) is 0 Å². The molecule has 1 N–H and O–H groups in total.